The number of aliphatic hydroxyl groups is 1. The second kappa shape index (κ2) is 3.96. The van der Waals surface area contributed by atoms with Gasteiger partial charge < -0.3 is 20.9 Å². The lowest BCUT2D eigenvalue weighted by Gasteiger charge is -2.13. The van der Waals surface area contributed by atoms with E-state index in [9.17, 15) is 9.90 Å². The van der Waals surface area contributed by atoms with Crippen molar-refractivity contribution >= 4 is 16.9 Å². The zero-order valence-electron chi connectivity index (χ0n) is 8.42. The largest absolute Gasteiger partial charge is 0.480 e. The topological polar surface area (TPSA) is 99.3 Å². The summed E-state index contributed by atoms with van der Waals surface area (Å²) >= 11 is 0. The van der Waals surface area contributed by atoms with Crippen LogP contribution in [0.25, 0.3) is 10.9 Å². The van der Waals surface area contributed by atoms with E-state index in [1.807, 2.05) is 18.2 Å². The van der Waals surface area contributed by atoms with Crippen LogP contribution in [0, 0.1) is 0 Å². The predicted molar refractivity (Wildman–Crippen MR) is 58.9 cm³/mol. The van der Waals surface area contributed by atoms with Crippen LogP contribution < -0.4 is 5.73 Å². The van der Waals surface area contributed by atoms with Gasteiger partial charge in [-0.15, -0.1) is 0 Å². The van der Waals surface area contributed by atoms with Gasteiger partial charge in [0.1, 0.15) is 12.1 Å². The summed E-state index contributed by atoms with van der Waals surface area (Å²) in [4.78, 5) is 13.6. The molecule has 0 aliphatic carbocycles. The monoisotopic (exact) mass is 220 g/mol. The summed E-state index contributed by atoms with van der Waals surface area (Å²) in [5.41, 5.74) is 6.73. The van der Waals surface area contributed by atoms with E-state index in [4.69, 9.17) is 10.8 Å². The summed E-state index contributed by atoms with van der Waals surface area (Å²) in [6, 6.07) is 6.00. The Morgan fingerprint density at radius 2 is 2.06 bits per heavy atom. The fraction of sp³-hybridized carbons (Fsp3) is 0.182. The van der Waals surface area contributed by atoms with Crippen LogP contribution in [-0.2, 0) is 4.79 Å². The first kappa shape index (κ1) is 10.7. The molecule has 1 heterocycles. The zero-order valence-corrected chi connectivity index (χ0v) is 8.42. The maximum atomic E-state index is 10.7. The van der Waals surface area contributed by atoms with Gasteiger partial charge in [-0.05, 0) is 6.07 Å². The van der Waals surface area contributed by atoms with Crippen LogP contribution in [0.1, 0.15) is 11.7 Å². The molecule has 2 rings (SSSR count). The van der Waals surface area contributed by atoms with Crippen molar-refractivity contribution in [3.8, 4) is 0 Å². The molecule has 2 aromatic rings. The zero-order chi connectivity index (χ0) is 11.7. The van der Waals surface area contributed by atoms with Crippen molar-refractivity contribution in [3.63, 3.8) is 0 Å². The standard InChI is InChI=1S/C11H12N2O3/c12-9(11(15)16)10(14)7-5-13-8-4-2-1-3-6(7)8/h1-5,9-10,13-14H,12H2,(H,15,16)/t9-,10?/m0/s1. The third kappa shape index (κ3) is 1.66. The summed E-state index contributed by atoms with van der Waals surface area (Å²) in [6.45, 7) is 0. The SMILES string of the molecule is N[C@H](C(=O)O)C(O)c1c[nH]c2ccccc12. The molecule has 0 aliphatic heterocycles. The number of nitrogens with two attached hydrogens (primary N) is 1. The first-order valence-corrected chi connectivity index (χ1v) is 4.83. The third-order valence-electron chi connectivity index (χ3n) is 2.57. The number of para-hydroxylation sites is 1. The minimum atomic E-state index is -1.32. The first-order chi connectivity index (χ1) is 7.61. The second-order valence-corrected chi connectivity index (χ2v) is 3.60. The van der Waals surface area contributed by atoms with Crippen molar-refractivity contribution < 1.29 is 15.0 Å². The van der Waals surface area contributed by atoms with Crippen molar-refractivity contribution in [2.75, 3.05) is 0 Å². The fourth-order valence-corrected chi connectivity index (χ4v) is 1.67. The highest BCUT2D eigenvalue weighted by Gasteiger charge is 2.25. The van der Waals surface area contributed by atoms with Gasteiger partial charge in [0.05, 0.1) is 0 Å². The molecule has 1 aromatic carbocycles. The first-order valence-electron chi connectivity index (χ1n) is 4.83. The summed E-state index contributed by atoms with van der Waals surface area (Å²) in [6.07, 6.45) is 0.367. The Morgan fingerprint density at radius 1 is 1.38 bits per heavy atom. The molecule has 0 bridgehead atoms. The molecule has 2 atom stereocenters. The highest BCUT2D eigenvalue weighted by atomic mass is 16.4. The molecule has 0 amide bonds. The van der Waals surface area contributed by atoms with Crippen molar-refractivity contribution in [2.24, 2.45) is 5.73 Å². The maximum Gasteiger partial charge on any atom is 0.323 e. The van der Waals surface area contributed by atoms with Gasteiger partial charge >= 0.3 is 5.97 Å². The van der Waals surface area contributed by atoms with Gasteiger partial charge in [-0.1, -0.05) is 18.2 Å². The van der Waals surface area contributed by atoms with Crippen molar-refractivity contribution in [2.45, 2.75) is 12.1 Å². The fourth-order valence-electron chi connectivity index (χ4n) is 1.67. The Labute approximate surface area is 91.5 Å². The van der Waals surface area contributed by atoms with Gasteiger partial charge in [0, 0.05) is 22.7 Å². The number of aromatic amines is 1. The number of carboxylic acids is 1. The van der Waals surface area contributed by atoms with Crippen LogP contribution in [0.3, 0.4) is 0 Å². The van der Waals surface area contributed by atoms with Crippen LogP contribution >= 0.6 is 0 Å². The number of hydrogen-bond acceptors (Lipinski definition) is 3. The summed E-state index contributed by atoms with van der Waals surface area (Å²) < 4.78 is 0. The Bertz CT molecular complexity index is 521. The van der Waals surface area contributed by atoms with Crippen LogP contribution in [0.4, 0.5) is 0 Å². The Morgan fingerprint density at radius 3 is 2.75 bits per heavy atom. The minimum Gasteiger partial charge on any atom is -0.480 e. The number of carbonyl (C=O) groups is 1. The molecule has 16 heavy (non-hydrogen) atoms. The summed E-state index contributed by atoms with van der Waals surface area (Å²) in [5.74, 6) is -1.22. The van der Waals surface area contributed by atoms with Crippen molar-refractivity contribution in [1.29, 1.82) is 0 Å². The molecule has 0 saturated heterocycles. The lowest BCUT2D eigenvalue weighted by atomic mass is 10.0. The Kier molecular flexibility index (Phi) is 2.64. The van der Waals surface area contributed by atoms with E-state index in [1.54, 1.807) is 12.3 Å². The lowest BCUT2D eigenvalue weighted by molar-refractivity contribution is -0.141. The average Bonchev–Trinajstić information content (AvgIpc) is 2.70. The molecule has 5 heteroatoms. The van der Waals surface area contributed by atoms with E-state index >= 15 is 0 Å². The van der Waals surface area contributed by atoms with E-state index in [0.717, 1.165) is 10.9 Å². The molecule has 1 unspecified atom stereocenters. The number of H-pyrrole nitrogens is 1. The number of nitrogens with one attached hydrogen (secondary N) is 1. The number of carboxylic acid groups (broad SMARTS) is 1. The van der Waals surface area contributed by atoms with Gasteiger partial charge in [-0.25, -0.2) is 0 Å². The van der Waals surface area contributed by atoms with Gasteiger partial charge in [0.25, 0.3) is 0 Å². The molecule has 0 fully saturated rings. The number of hydrogen-bond donors (Lipinski definition) is 4. The minimum absolute atomic E-state index is 0.505. The second-order valence-electron chi connectivity index (χ2n) is 3.60. The predicted octanol–water partition coefficient (Wildman–Crippen LogP) is 0.613. The molecular weight excluding hydrogens is 208 g/mol. The number of aromatic nitrogens is 1. The molecule has 0 spiro atoms. The van der Waals surface area contributed by atoms with Crippen LogP contribution in [0.5, 0.6) is 0 Å². The molecule has 84 valence electrons. The van der Waals surface area contributed by atoms with E-state index in [2.05, 4.69) is 4.98 Å². The van der Waals surface area contributed by atoms with E-state index in [-0.39, 0.29) is 0 Å². The molecular formula is C11H12N2O3. The molecule has 5 N–H and O–H groups in total. The number of fused-ring (bicyclic) bond motifs is 1. The van der Waals surface area contributed by atoms with E-state index in [0.29, 0.717) is 5.56 Å². The van der Waals surface area contributed by atoms with E-state index in [1.165, 1.54) is 0 Å². The van der Waals surface area contributed by atoms with Gasteiger partial charge in [-0.3, -0.25) is 4.79 Å². The maximum absolute atomic E-state index is 10.7. The number of rotatable bonds is 3. The van der Waals surface area contributed by atoms with Crippen molar-refractivity contribution in [1.82, 2.24) is 4.98 Å². The number of aliphatic carboxylic acids is 1. The number of aliphatic hydroxyl groups excluding tert-OH is 1. The van der Waals surface area contributed by atoms with Crippen LogP contribution in [0.15, 0.2) is 30.5 Å². The summed E-state index contributed by atoms with van der Waals surface area (Å²) in [5, 5.41) is 19.3. The smallest absolute Gasteiger partial charge is 0.323 e. The third-order valence-corrected chi connectivity index (χ3v) is 2.57. The molecule has 1 aromatic heterocycles. The van der Waals surface area contributed by atoms with Gasteiger partial charge in [-0.2, -0.15) is 0 Å². The quantitative estimate of drug-likeness (QED) is 0.609. The summed E-state index contributed by atoms with van der Waals surface area (Å²) in [7, 11) is 0. The molecule has 0 aliphatic rings. The van der Waals surface area contributed by atoms with Gasteiger partial charge in [0.2, 0.25) is 0 Å². The highest BCUT2D eigenvalue weighted by molar-refractivity contribution is 5.84. The van der Waals surface area contributed by atoms with Crippen molar-refractivity contribution in [3.05, 3.63) is 36.0 Å². The molecule has 0 radical (unpaired) electrons. The normalized spacial score (nSPS) is 14.9. The molecule has 0 saturated carbocycles. The van der Waals surface area contributed by atoms with Crippen LogP contribution in [0.2, 0.25) is 0 Å². The average molecular weight is 220 g/mol. The number of benzene rings is 1. The molecule has 5 nitrogen and oxygen atoms in total. The van der Waals surface area contributed by atoms with Gasteiger partial charge in [0.15, 0.2) is 0 Å². The lowest BCUT2D eigenvalue weighted by Crippen LogP contribution is -2.36. The Hall–Kier alpha value is -1.85. The van der Waals surface area contributed by atoms with E-state index < -0.39 is 18.1 Å². The Balaban J connectivity index is 2.44. The highest BCUT2D eigenvalue weighted by Crippen LogP contribution is 2.25. The van der Waals surface area contributed by atoms with Crippen LogP contribution in [-0.4, -0.2) is 27.2 Å².